The molecule has 3 rings (SSSR count). The summed E-state index contributed by atoms with van der Waals surface area (Å²) >= 11 is 0. The molecule has 1 aromatic rings. The minimum Gasteiger partial charge on any atom is -0.384 e. The summed E-state index contributed by atoms with van der Waals surface area (Å²) in [5.74, 6) is 0.606. The normalized spacial score (nSPS) is 26.0. The van der Waals surface area contributed by atoms with Gasteiger partial charge in [0.25, 0.3) is 0 Å². The number of anilines is 1. The van der Waals surface area contributed by atoms with E-state index in [1.165, 1.54) is 44.6 Å². The van der Waals surface area contributed by atoms with Gasteiger partial charge in [-0.05, 0) is 31.0 Å². The first-order valence-corrected chi connectivity index (χ1v) is 6.48. The number of nitrogens with two attached hydrogens (primary N) is 1. The van der Waals surface area contributed by atoms with Crippen molar-refractivity contribution in [1.82, 2.24) is 14.8 Å². The van der Waals surface area contributed by atoms with Gasteiger partial charge in [0.1, 0.15) is 5.82 Å². The van der Waals surface area contributed by atoms with Gasteiger partial charge in [0.2, 0.25) is 0 Å². The Bertz CT molecular complexity index is 376. The molecule has 0 bridgehead atoms. The lowest BCUT2D eigenvalue weighted by molar-refractivity contribution is 0.0993. The zero-order valence-corrected chi connectivity index (χ0v) is 10.2. The smallest absolute Gasteiger partial charge is 0.123 e. The van der Waals surface area contributed by atoms with Gasteiger partial charge < -0.3 is 5.73 Å². The van der Waals surface area contributed by atoms with Crippen LogP contribution >= 0.6 is 0 Å². The van der Waals surface area contributed by atoms with Crippen LogP contribution in [0.15, 0.2) is 18.3 Å². The third-order valence-corrected chi connectivity index (χ3v) is 3.93. The van der Waals surface area contributed by atoms with Crippen molar-refractivity contribution in [1.29, 1.82) is 0 Å². The second-order valence-electron chi connectivity index (χ2n) is 5.16. The predicted molar refractivity (Wildman–Crippen MR) is 68.5 cm³/mol. The van der Waals surface area contributed by atoms with E-state index in [1.807, 2.05) is 12.3 Å². The molecule has 2 aliphatic heterocycles. The summed E-state index contributed by atoms with van der Waals surface area (Å²) in [4.78, 5) is 9.33. The quantitative estimate of drug-likeness (QED) is 0.824. The number of piperazine rings is 1. The molecule has 2 aliphatic rings. The fraction of sp³-hybridized carbons (Fsp3) is 0.615. The SMILES string of the molecule is Nc1ccc(CN2CCN3CCC[C@H]3C2)cn1. The van der Waals surface area contributed by atoms with Crippen molar-refractivity contribution in [3.63, 3.8) is 0 Å². The monoisotopic (exact) mass is 232 g/mol. The van der Waals surface area contributed by atoms with Gasteiger partial charge in [0, 0.05) is 38.4 Å². The summed E-state index contributed by atoms with van der Waals surface area (Å²) < 4.78 is 0. The van der Waals surface area contributed by atoms with Crippen LogP contribution in [0.5, 0.6) is 0 Å². The summed E-state index contributed by atoms with van der Waals surface area (Å²) in [5, 5.41) is 0. The Balaban J connectivity index is 1.60. The van der Waals surface area contributed by atoms with Crippen LogP contribution in [0.3, 0.4) is 0 Å². The number of rotatable bonds is 2. The van der Waals surface area contributed by atoms with E-state index in [9.17, 15) is 0 Å². The van der Waals surface area contributed by atoms with E-state index in [0.29, 0.717) is 5.82 Å². The van der Waals surface area contributed by atoms with Gasteiger partial charge in [-0.1, -0.05) is 6.07 Å². The molecule has 0 aromatic carbocycles. The van der Waals surface area contributed by atoms with Crippen molar-refractivity contribution in [2.75, 3.05) is 31.9 Å². The summed E-state index contributed by atoms with van der Waals surface area (Å²) in [5.41, 5.74) is 6.87. The van der Waals surface area contributed by atoms with Crippen molar-refractivity contribution in [3.8, 4) is 0 Å². The topological polar surface area (TPSA) is 45.4 Å². The lowest BCUT2D eigenvalue weighted by atomic mass is 10.1. The van der Waals surface area contributed by atoms with Crippen molar-refractivity contribution >= 4 is 5.82 Å². The van der Waals surface area contributed by atoms with Gasteiger partial charge in [-0.25, -0.2) is 4.98 Å². The summed E-state index contributed by atoms with van der Waals surface area (Å²) in [6, 6.07) is 4.77. The molecular formula is C13H20N4. The second-order valence-corrected chi connectivity index (χ2v) is 5.16. The Kier molecular flexibility index (Phi) is 2.99. The first-order valence-electron chi connectivity index (χ1n) is 6.48. The summed E-state index contributed by atoms with van der Waals surface area (Å²) in [6.07, 6.45) is 4.65. The molecule has 17 heavy (non-hydrogen) atoms. The summed E-state index contributed by atoms with van der Waals surface area (Å²) in [6.45, 7) is 5.94. The molecule has 4 heteroatoms. The van der Waals surface area contributed by atoms with Crippen LogP contribution in [0, 0.1) is 0 Å². The molecular weight excluding hydrogens is 212 g/mol. The number of pyridine rings is 1. The van der Waals surface area contributed by atoms with Crippen LogP contribution in [0.25, 0.3) is 0 Å². The molecule has 92 valence electrons. The molecule has 3 heterocycles. The number of hydrogen-bond donors (Lipinski definition) is 1. The second kappa shape index (κ2) is 4.63. The Morgan fingerprint density at radius 1 is 1.29 bits per heavy atom. The number of fused-ring (bicyclic) bond motifs is 1. The average Bonchev–Trinajstić information content (AvgIpc) is 2.79. The average molecular weight is 232 g/mol. The zero-order chi connectivity index (χ0) is 11.7. The Morgan fingerprint density at radius 3 is 3.06 bits per heavy atom. The van der Waals surface area contributed by atoms with E-state index >= 15 is 0 Å². The van der Waals surface area contributed by atoms with E-state index in [1.54, 1.807) is 0 Å². The van der Waals surface area contributed by atoms with Gasteiger partial charge in [-0.3, -0.25) is 9.80 Å². The van der Waals surface area contributed by atoms with Crippen LogP contribution in [-0.2, 0) is 6.54 Å². The third-order valence-electron chi connectivity index (χ3n) is 3.93. The molecule has 0 unspecified atom stereocenters. The first-order chi connectivity index (χ1) is 8.31. The number of hydrogen-bond acceptors (Lipinski definition) is 4. The van der Waals surface area contributed by atoms with Gasteiger partial charge in [-0.2, -0.15) is 0 Å². The van der Waals surface area contributed by atoms with Crippen molar-refractivity contribution in [3.05, 3.63) is 23.9 Å². The predicted octanol–water partition coefficient (Wildman–Crippen LogP) is 0.944. The van der Waals surface area contributed by atoms with Crippen LogP contribution in [-0.4, -0.2) is 47.0 Å². The lowest BCUT2D eigenvalue weighted by Crippen LogP contribution is -2.49. The lowest BCUT2D eigenvalue weighted by Gasteiger charge is -2.37. The maximum absolute atomic E-state index is 5.60. The molecule has 0 amide bonds. The number of nitrogen functional groups attached to an aromatic ring is 1. The van der Waals surface area contributed by atoms with Gasteiger partial charge in [0.05, 0.1) is 0 Å². The molecule has 2 saturated heterocycles. The minimum absolute atomic E-state index is 0.606. The molecule has 0 spiro atoms. The third kappa shape index (κ3) is 2.42. The van der Waals surface area contributed by atoms with Crippen molar-refractivity contribution in [2.45, 2.75) is 25.4 Å². The highest BCUT2D eigenvalue weighted by Crippen LogP contribution is 2.22. The Labute approximate surface area is 102 Å². The molecule has 4 nitrogen and oxygen atoms in total. The van der Waals surface area contributed by atoms with Crippen LogP contribution in [0.4, 0.5) is 5.82 Å². The number of nitrogens with zero attached hydrogens (tertiary/aromatic N) is 3. The molecule has 2 fully saturated rings. The minimum atomic E-state index is 0.606. The molecule has 2 N–H and O–H groups in total. The highest BCUT2D eigenvalue weighted by molar-refractivity contribution is 5.29. The maximum atomic E-state index is 5.60. The molecule has 0 saturated carbocycles. The first kappa shape index (κ1) is 11.0. The van der Waals surface area contributed by atoms with E-state index < -0.39 is 0 Å². The van der Waals surface area contributed by atoms with E-state index in [4.69, 9.17) is 5.73 Å². The number of aromatic nitrogens is 1. The molecule has 1 aromatic heterocycles. The van der Waals surface area contributed by atoms with Gasteiger partial charge in [0.15, 0.2) is 0 Å². The van der Waals surface area contributed by atoms with Crippen LogP contribution in [0.2, 0.25) is 0 Å². The fourth-order valence-corrected chi connectivity index (χ4v) is 2.99. The maximum Gasteiger partial charge on any atom is 0.123 e. The van der Waals surface area contributed by atoms with Gasteiger partial charge in [-0.15, -0.1) is 0 Å². The van der Waals surface area contributed by atoms with E-state index in [2.05, 4.69) is 20.9 Å². The van der Waals surface area contributed by atoms with Crippen molar-refractivity contribution in [2.24, 2.45) is 0 Å². The van der Waals surface area contributed by atoms with Crippen LogP contribution in [0.1, 0.15) is 18.4 Å². The standard InChI is InChI=1S/C13H20N4/c14-13-4-3-11(8-15-13)9-16-6-7-17-5-1-2-12(17)10-16/h3-4,8,12H,1-2,5-7,9-10H2,(H2,14,15)/t12-/m0/s1. The Hall–Kier alpha value is -1.13. The van der Waals surface area contributed by atoms with E-state index in [-0.39, 0.29) is 0 Å². The van der Waals surface area contributed by atoms with E-state index in [0.717, 1.165) is 12.6 Å². The molecule has 1 atom stereocenters. The Morgan fingerprint density at radius 2 is 2.24 bits per heavy atom. The highest BCUT2D eigenvalue weighted by Gasteiger charge is 2.30. The van der Waals surface area contributed by atoms with Gasteiger partial charge >= 0.3 is 0 Å². The van der Waals surface area contributed by atoms with Crippen molar-refractivity contribution < 1.29 is 0 Å². The summed E-state index contributed by atoms with van der Waals surface area (Å²) in [7, 11) is 0. The molecule has 0 aliphatic carbocycles. The molecule has 0 radical (unpaired) electrons. The van der Waals surface area contributed by atoms with Crippen LogP contribution < -0.4 is 5.73 Å². The highest BCUT2D eigenvalue weighted by atomic mass is 15.3. The zero-order valence-electron chi connectivity index (χ0n) is 10.2. The fourth-order valence-electron chi connectivity index (χ4n) is 2.99. The largest absolute Gasteiger partial charge is 0.384 e.